The first-order valence-electron chi connectivity index (χ1n) is 13.6. The molecular formula is C33H35N3O2. The third-order valence-corrected chi connectivity index (χ3v) is 7.44. The number of rotatable bonds is 8. The summed E-state index contributed by atoms with van der Waals surface area (Å²) < 4.78 is 0. The Hall–Kier alpha value is -3.99. The highest BCUT2D eigenvalue weighted by Crippen LogP contribution is 2.33. The van der Waals surface area contributed by atoms with Crippen molar-refractivity contribution in [3.63, 3.8) is 0 Å². The van der Waals surface area contributed by atoms with Gasteiger partial charge in [-0.15, -0.1) is 0 Å². The van der Waals surface area contributed by atoms with Crippen LogP contribution in [0.25, 0.3) is 10.8 Å². The standard InChI is InChI=1S/C33H35N3O2/c1-23(2)29-19-26(13-12-24-9-4-3-5-10-24)30-20-27(33(38)36-17-6-7-18-36)14-15-28(30)31(29)32(37)35-22-25-11-8-16-34-21-25/h3-5,8-11,14-16,19-21,23H,6-7,12-13,17-18,22H2,1-2H3,(H,35,37). The molecule has 2 amide bonds. The van der Waals surface area contributed by atoms with Gasteiger partial charge < -0.3 is 10.2 Å². The van der Waals surface area contributed by atoms with Gasteiger partial charge in [0.15, 0.2) is 0 Å². The minimum Gasteiger partial charge on any atom is -0.348 e. The molecule has 4 aromatic rings. The summed E-state index contributed by atoms with van der Waals surface area (Å²) in [4.78, 5) is 33.0. The van der Waals surface area contributed by atoms with E-state index < -0.39 is 0 Å². The van der Waals surface area contributed by atoms with Crippen LogP contribution in [0.1, 0.15) is 75.6 Å². The second kappa shape index (κ2) is 11.6. The Balaban J connectivity index is 1.57. The summed E-state index contributed by atoms with van der Waals surface area (Å²) in [6.45, 7) is 6.29. The van der Waals surface area contributed by atoms with E-state index in [0.717, 1.165) is 60.7 Å². The summed E-state index contributed by atoms with van der Waals surface area (Å²) in [6.07, 6.45) is 7.33. The molecule has 5 nitrogen and oxygen atoms in total. The van der Waals surface area contributed by atoms with Gasteiger partial charge in [-0.05, 0) is 82.8 Å². The van der Waals surface area contributed by atoms with Crippen molar-refractivity contribution in [1.29, 1.82) is 0 Å². The lowest BCUT2D eigenvalue weighted by atomic mass is 9.86. The number of carbonyl (C=O) groups excluding carboxylic acids is 2. The second-order valence-corrected chi connectivity index (χ2v) is 10.4. The van der Waals surface area contributed by atoms with Crippen molar-refractivity contribution in [2.45, 2.75) is 52.0 Å². The van der Waals surface area contributed by atoms with E-state index in [1.807, 2.05) is 41.3 Å². The van der Waals surface area contributed by atoms with Crippen LogP contribution in [-0.2, 0) is 19.4 Å². The number of aryl methyl sites for hydroxylation is 2. The van der Waals surface area contributed by atoms with Crippen LogP contribution in [0.15, 0.2) is 79.1 Å². The van der Waals surface area contributed by atoms with Crippen molar-refractivity contribution in [2.75, 3.05) is 13.1 Å². The third-order valence-electron chi connectivity index (χ3n) is 7.44. The number of benzene rings is 3. The third kappa shape index (κ3) is 5.62. The average molecular weight is 506 g/mol. The summed E-state index contributed by atoms with van der Waals surface area (Å²) in [5, 5.41) is 5.00. The lowest BCUT2D eigenvalue weighted by molar-refractivity contribution is 0.0792. The molecule has 0 saturated carbocycles. The van der Waals surface area contributed by atoms with E-state index in [1.165, 1.54) is 11.1 Å². The van der Waals surface area contributed by atoms with Crippen molar-refractivity contribution in [1.82, 2.24) is 15.2 Å². The normalized spacial score (nSPS) is 13.3. The van der Waals surface area contributed by atoms with Crippen molar-refractivity contribution in [3.05, 3.63) is 113 Å². The number of hydrogen-bond acceptors (Lipinski definition) is 3. The van der Waals surface area contributed by atoms with E-state index in [9.17, 15) is 9.59 Å². The molecule has 5 rings (SSSR count). The first-order chi connectivity index (χ1) is 18.5. The maximum atomic E-state index is 13.7. The number of likely N-dealkylation sites (tertiary alicyclic amines) is 1. The number of carbonyl (C=O) groups is 2. The summed E-state index contributed by atoms with van der Waals surface area (Å²) in [5.41, 5.74) is 5.82. The molecule has 1 saturated heterocycles. The number of hydrogen-bond donors (Lipinski definition) is 1. The van der Waals surface area contributed by atoms with Gasteiger partial charge in [-0.1, -0.05) is 62.4 Å². The van der Waals surface area contributed by atoms with Crippen LogP contribution in [0.2, 0.25) is 0 Å². The van der Waals surface area contributed by atoms with E-state index in [1.54, 1.807) is 12.4 Å². The number of amides is 2. The highest BCUT2D eigenvalue weighted by atomic mass is 16.2. The Kier molecular flexibility index (Phi) is 7.83. The van der Waals surface area contributed by atoms with E-state index in [2.05, 4.69) is 54.5 Å². The molecule has 0 spiro atoms. The fourth-order valence-corrected chi connectivity index (χ4v) is 5.37. The smallest absolute Gasteiger partial charge is 0.253 e. The second-order valence-electron chi connectivity index (χ2n) is 10.4. The molecule has 0 unspecified atom stereocenters. The molecule has 0 aliphatic carbocycles. The largest absolute Gasteiger partial charge is 0.348 e. The number of fused-ring (bicyclic) bond motifs is 1. The monoisotopic (exact) mass is 505 g/mol. The molecule has 194 valence electrons. The molecule has 38 heavy (non-hydrogen) atoms. The minimum atomic E-state index is -0.101. The predicted octanol–water partition coefficient (Wildman–Crippen LogP) is 6.31. The van der Waals surface area contributed by atoms with E-state index in [0.29, 0.717) is 17.7 Å². The molecule has 5 heteroatoms. The Morgan fingerprint density at radius 3 is 2.37 bits per heavy atom. The molecule has 1 aliphatic heterocycles. The molecule has 0 bridgehead atoms. The molecule has 1 N–H and O–H groups in total. The summed E-state index contributed by atoms with van der Waals surface area (Å²) in [5.74, 6) is 0.143. The van der Waals surface area contributed by atoms with E-state index in [4.69, 9.17) is 0 Å². The van der Waals surface area contributed by atoms with Gasteiger partial charge in [0.1, 0.15) is 0 Å². The van der Waals surface area contributed by atoms with Gasteiger partial charge in [0.25, 0.3) is 11.8 Å². The zero-order chi connectivity index (χ0) is 26.5. The first-order valence-corrected chi connectivity index (χ1v) is 13.6. The Bertz CT molecular complexity index is 1430. The minimum absolute atomic E-state index is 0.0777. The SMILES string of the molecule is CC(C)c1cc(CCc2ccccc2)c2cc(C(=O)N3CCCC3)ccc2c1C(=O)NCc1cccnc1. The summed E-state index contributed by atoms with van der Waals surface area (Å²) in [6, 6.07) is 22.4. The van der Waals surface area contributed by atoms with Crippen LogP contribution < -0.4 is 5.32 Å². The quantitative estimate of drug-likeness (QED) is 0.305. The molecule has 2 heterocycles. The van der Waals surface area contributed by atoms with Crippen LogP contribution in [0.5, 0.6) is 0 Å². The number of nitrogens with zero attached hydrogens (tertiary/aromatic N) is 2. The van der Waals surface area contributed by atoms with E-state index in [-0.39, 0.29) is 17.7 Å². The molecule has 1 fully saturated rings. The zero-order valence-electron chi connectivity index (χ0n) is 22.2. The van der Waals surface area contributed by atoms with Crippen LogP contribution >= 0.6 is 0 Å². The van der Waals surface area contributed by atoms with Crippen molar-refractivity contribution in [2.24, 2.45) is 0 Å². The highest BCUT2D eigenvalue weighted by molar-refractivity contribution is 6.11. The van der Waals surface area contributed by atoms with Gasteiger partial charge in [-0.3, -0.25) is 14.6 Å². The highest BCUT2D eigenvalue weighted by Gasteiger charge is 2.23. The van der Waals surface area contributed by atoms with Gasteiger partial charge in [0, 0.05) is 37.6 Å². The Morgan fingerprint density at radius 2 is 1.66 bits per heavy atom. The van der Waals surface area contributed by atoms with Gasteiger partial charge in [0.05, 0.1) is 5.56 Å². The van der Waals surface area contributed by atoms with Crippen LogP contribution in [0.3, 0.4) is 0 Å². The molecule has 0 atom stereocenters. The average Bonchev–Trinajstić information content (AvgIpc) is 3.50. The van der Waals surface area contributed by atoms with Crippen molar-refractivity contribution < 1.29 is 9.59 Å². The number of nitrogens with one attached hydrogen (secondary N) is 1. The fraction of sp³-hybridized carbons (Fsp3) is 0.303. The first kappa shape index (κ1) is 25.7. The zero-order valence-corrected chi connectivity index (χ0v) is 22.2. The van der Waals surface area contributed by atoms with Gasteiger partial charge >= 0.3 is 0 Å². The topological polar surface area (TPSA) is 62.3 Å². The molecule has 3 aromatic carbocycles. The fourth-order valence-electron chi connectivity index (χ4n) is 5.37. The van der Waals surface area contributed by atoms with Gasteiger partial charge in [0.2, 0.25) is 0 Å². The Morgan fingerprint density at radius 1 is 0.895 bits per heavy atom. The van der Waals surface area contributed by atoms with Crippen LogP contribution in [0, 0.1) is 0 Å². The lowest BCUT2D eigenvalue weighted by Crippen LogP contribution is -2.27. The lowest BCUT2D eigenvalue weighted by Gasteiger charge is -2.21. The maximum absolute atomic E-state index is 13.7. The van der Waals surface area contributed by atoms with E-state index >= 15 is 0 Å². The molecular weight excluding hydrogens is 470 g/mol. The molecule has 1 aliphatic rings. The number of aromatic nitrogens is 1. The van der Waals surface area contributed by atoms with Crippen molar-refractivity contribution >= 4 is 22.6 Å². The Labute approximate surface area is 224 Å². The van der Waals surface area contributed by atoms with Gasteiger partial charge in [-0.25, -0.2) is 0 Å². The van der Waals surface area contributed by atoms with Gasteiger partial charge in [-0.2, -0.15) is 0 Å². The number of pyridine rings is 1. The summed E-state index contributed by atoms with van der Waals surface area (Å²) >= 11 is 0. The van der Waals surface area contributed by atoms with Crippen molar-refractivity contribution in [3.8, 4) is 0 Å². The molecule has 0 radical (unpaired) electrons. The summed E-state index contributed by atoms with van der Waals surface area (Å²) in [7, 11) is 0. The van der Waals surface area contributed by atoms with Crippen LogP contribution in [-0.4, -0.2) is 34.8 Å². The molecule has 1 aromatic heterocycles. The maximum Gasteiger partial charge on any atom is 0.253 e. The van der Waals surface area contributed by atoms with Crippen LogP contribution in [0.4, 0.5) is 0 Å². The predicted molar refractivity (Wildman–Crippen MR) is 152 cm³/mol.